The number of nitrogens with zero attached hydrogens (tertiary/aromatic N) is 1. The SMILES string of the molecule is COCC1CCCN(CC2(CC(=N)N)CC2)C1. The number of hydrogen-bond acceptors (Lipinski definition) is 3. The summed E-state index contributed by atoms with van der Waals surface area (Å²) in [5.74, 6) is 1.05. The smallest absolute Gasteiger partial charge is 0.0911 e. The maximum absolute atomic E-state index is 7.45. The third kappa shape index (κ3) is 3.68. The standard InChI is InChI=1S/C13H25N3O/c1-17-9-11-3-2-6-16(8-11)10-13(4-5-13)7-12(14)15/h11H,2-10H2,1H3,(H3,14,15). The first-order chi connectivity index (χ1) is 8.13. The van der Waals surface area contributed by atoms with Gasteiger partial charge in [0.15, 0.2) is 0 Å². The van der Waals surface area contributed by atoms with E-state index in [9.17, 15) is 0 Å². The molecule has 0 amide bonds. The molecule has 1 aliphatic carbocycles. The van der Waals surface area contributed by atoms with Crippen LogP contribution in [-0.2, 0) is 4.74 Å². The monoisotopic (exact) mass is 239 g/mol. The van der Waals surface area contributed by atoms with E-state index in [1.54, 1.807) is 7.11 Å². The molecule has 1 atom stereocenters. The normalized spacial score (nSPS) is 27.9. The van der Waals surface area contributed by atoms with Gasteiger partial charge in [-0.3, -0.25) is 5.41 Å². The van der Waals surface area contributed by atoms with Crippen molar-refractivity contribution in [2.24, 2.45) is 17.1 Å². The van der Waals surface area contributed by atoms with E-state index in [1.165, 1.54) is 32.2 Å². The van der Waals surface area contributed by atoms with Crippen molar-refractivity contribution < 1.29 is 4.74 Å². The number of amidine groups is 1. The highest BCUT2D eigenvalue weighted by Gasteiger charge is 2.44. The highest BCUT2D eigenvalue weighted by molar-refractivity contribution is 5.78. The summed E-state index contributed by atoms with van der Waals surface area (Å²) in [6.45, 7) is 4.39. The molecule has 2 aliphatic rings. The minimum atomic E-state index is 0.348. The third-order valence-electron chi connectivity index (χ3n) is 4.09. The van der Waals surface area contributed by atoms with Crippen LogP contribution >= 0.6 is 0 Å². The molecular weight excluding hydrogens is 214 g/mol. The lowest BCUT2D eigenvalue weighted by Gasteiger charge is -2.34. The van der Waals surface area contributed by atoms with Gasteiger partial charge in [0.2, 0.25) is 0 Å². The fourth-order valence-corrected chi connectivity index (χ4v) is 3.11. The average molecular weight is 239 g/mol. The molecule has 0 bridgehead atoms. The number of methoxy groups -OCH3 is 1. The van der Waals surface area contributed by atoms with E-state index < -0.39 is 0 Å². The second-order valence-electron chi connectivity index (χ2n) is 5.90. The van der Waals surface area contributed by atoms with Crippen LogP contribution < -0.4 is 5.73 Å². The predicted molar refractivity (Wildman–Crippen MR) is 69.2 cm³/mol. The largest absolute Gasteiger partial charge is 0.388 e. The predicted octanol–water partition coefficient (Wildman–Crippen LogP) is 1.45. The van der Waals surface area contributed by atoms with Gasteiger partial charge < -0.3 is 15.4 Å². The molecule has 1 saturated heterocycles. The van der Waals surface area contributed by atoms with E-state index in [2.05, 4.69) is 4.90 Å². The van der Waals surface area contributed by atoms with Gasteiger partial charge in [-0.2, -0.15) is 0 Å². The molecule has 0 aromatic rings. The molecule has 1 unspecified atom stereocenters. The van der Waals surface area contributed by atoms with Crippen LogP contribution in [-0.4, -0.2) is 44.1 Å². The molecule has 1 saturated carbocycles. The molecule has 2 fully saturated rings. The van der Waals surface area contributed by atoms with E-state index in [0.717, 1.165) is 26.1 Å². The molecule has 4 heteroatoms. The lowest BCUT2D eigenvalue weighted by atomic mass is 9.95. The Hall–Kier alpha value is -0.610. The second-order valence-corrected chi connectivity index (χ2v) is 5.90. The van der Waals surface area contributed by atoms with Crippen molar-refractivity contribution in [3.05, 3.63) is 0 Å². The molecule has 3 N–H and O–H groups in total. The fourth-order valence-electron chi connectivity index (χ4n) is 3.11. The summed E-state index contributed by atoms with van der Waals surface area (Å²) in [7, 11) is 1.79. The van der Waals surface area contributed by atoms with Crippen molar-refractivity contribution in [3.8, 4) is 0 Å². The zero-order chi connectivity index (χ0) is 12.3. The number of nitrogens with two attached hydrogens (primary N) is 1. The number of likely N-dealkylation sites (tertiary alicyclic amines) is 1. The van der Waals surface area contributed by atoms with Gasteiger partial charge in [-0.15, -0.1) is 0 Å². The van der Waals surface area contributed by atoms with Gasteiger partial charge in [0.1, 0.15) is 0 Å². The number of nitrogens with one attached hydrogen (secondary N) is 1. The Bertz CT molecular complexity index is 274. The Morgan fingerprint density at radius 1 is 1.53 bits per heavy atom. The van der Waals surface area contributed by atoms with Gasteiger partial charge in [-0.05, 0) is 43.6 Å². The molecule has 17 heavy (non-hydrogen) atoms. The van der Waals surface area contributed by atoms with Gasteiger partial charge in [-0.1, -0.05) is 0 Å². The summed E-state index contributed by atoms with van der Waals surface area (Å²) in [6.07, 6.45) is 5.86. The maximum atomic E-state index is 7.45. The zero-order valence-electron chi connectivity index (χ0n) is 10.9. The summed E-state index contributed by atoms with van der Waals surface area (Å²) in [6, 6.07) is 0. The van der Waals surface area contributed by atoms with E-state index >= 15 is 0 Å². The fraction of sp³-hybridized carbons (Fsp3) is 0.923. The van der Waals surface area contributed by atoms with Crippen molar-refractivity contribution in [3.63, 3.8) is 0 Å². The summed E-state index contributed by atoms with van der Waals surface area (Å²) < 4.78 is 5.26. The van der Waals surface area contributed by atoms with E-state index in [4.69, 9.17) is 15.9 Å². The van der Waals surface area contributed by atoms with Crippen LogP contribution in [0.15, 0.2) is 0 Å². The van der Waals surface area contributed by atoms with Crippen LogP contribution in [0.3, 0.4) is 0 Å². The van der Waals surface area contributed by atoms with Crippen LogP contribution in [0.2, 0.25) is 0 Å². The number of hydrogen-bond donors (Lipinski definition) is 2. The van der Waals surface area contributed by atoms with Crippen LogP contribution in [0, 0.1) is 16.7 Å². The van der Waals surface area contributed by atoms with E-state index in [1.807, 2.05) is 0 Å². The van der Waals surface area contributed by atoms with Crippen molar-refractivity contribution in [2.75, 3.05) is 33.4 Å². The molecule has 2 rings (SSSR count). The summed E-state index contributed by atoms with van der Waals surface area (Å²) in [4.78, 5) is 2.56. The lowest BCUT2D eigenvalue weighted by molar-refractivity contribution is 0.0806. The second kappa shape index (κ2) is 5.36. The Morgan fingerprint density at radius 2 is 2.29 bits per heavy atom. The molecular formula is C13H25N3O. The van der Waals surface area contributed by atoms with E-state index in [-0.39, 0.29) is 0 Å². The highest BCUT2D eigenvalue weighted by Crippen LogP contribution is 2.49. The van der Waals surface area contributed by atoms with Gasteiger partial charge in [-0.25, -0.2) is 0 Å². The first-order valence-corrected chi connectivity index (χ1v) is 6.68. The first kappa shape index (κ1) is 12.8. The number of rotatable bonds is 6. The van der Waals surface area contributed by atoms with Crippen LogP contribution in [0.25, 0.3) is 0 Å². The van der Waals surface area contributed by atoms with Gasteiger partial charge in [0.05, 0.1) is 12.4 Å². The first-order valence-electron chi connectivity index (χ1n) is 6.68. The summed E-state index contributed by atoms with van der Waals surface area (Å²) in [5, 5.41) is 7.45. The van der Waals surface area contributed by atoms with Crippen LogP contribution in [0.4, 0.5) is 0 Å². The topological polar surface area (TPSA) is 62.3 Å². The van der Waals surface area contributed by atoms with E-state index in [0.29, 0.717) is 17.2 Å². The minimum Gasteiger partial charge on any atom is -0.388 e. The Labute approximate surface area is 104 Å². The molecule has 0 radical (unpaired) electrons. The van der Waals surface area contributed by atoms with Crippen LogP contribution in [0.1, 0.15) is 32.1 Å². The molecule has 98 valence electrons. The Kier molecular flexibility index (Phi) is 4.05. The minimum absolute atomic E-state index is 0.348. The van der Waals surface area contributed by atoms with Gasteiger partial charge >= 0.3 is 0 Å². The Morgan fingerprint density at radius 3 is 2.88 bits per heavy atom. The maximum Gasteiger partial charge on any atom is 0.0911 e. The summed E-state index contributed by atoms with van der Waals surface area (Å²) >= 11 is 0. The average Bonchev–Trinajstić information content (AvgIpc) is 2.97. The van der Waals surface area contributed by atoms with Crippen molar-refractivity contribution >= 4 is 5.84 Å². The zero-order valence-corrected chi connectivity index (χ0v) is 10.9. The molecule has 0 spiro atoms. The van der Waals surface area contributed by atoms with Crippen molar-refractivity contribution in [2.45, 2.75) is 32.1 Å². The molecule has 1 aliphatic heterocycles. The van der Waals surface area contributed by atoms with Crippen molar-refractivity contribution in [1.82, 2.24) is 4.90 Å². The molecule has 0 aromatic heterocycles. The van der Waals surface area contributed by atoms with Crippen molar-refractivity contribution in [1.29, 1.82) is 5.41 Å². The summed E-state index contributed by atoms with van der Waals surface area (Å²) in [5.41, 5.74) is 5.89. The molecule has 4 nitrogen and oxygen atoms in total. The van der Waals surface area contributed by atoms with Crippen LogP contribution in [0.5, 0.6) is 0 Å². The number of ether oxygens (including phenoxy) is 1. The highest BCUT2D eigenvalue weighted by atomic mass is 16.5. The van der Waals surface area contributed by atoms with Gasteiger partial charge in [0, 0.05) is 26.6 Å². The number of piperidine rings is 1. The molecule has 1 heterocycles. The third-order valence-corrected chi connectivity index (χ3v) is 4.09. The van der Waals surface area contributed by atoms with Gasteiger partial charge in [0.25, 0.3) is 0 Å². The quantitative estimate of drug-likeness (QED) is 0.545. The molecule has 0 aromatic carbocycles. The lowest BCUT2D eigenvalue weighted by Crippen LogP contribution is -2.41. The Balaban J connectivity index is 1.80.